The van der Waals surface area contributed by atoms with Crippen molar-refractivity contribution in [3.05, 3.63) is 0 Å². The van der Waals surface area contributed by atoms with E-state index in [2.05, 4.69) is 51.7 Å². The second-order valence-corrected chi connectivity index (χ2v) is 8.26. The molecule has 2 heterocycles. The molecular weight excluding hydrogens is 242 g/mol. The van der Waals surface area contributed by atoms with Crippen molar-refractivity contribution >= 4 is 11.8 Å². The first-order chi connectivity index (χ1) is 8.36. The van der Waals surface area contributed by atoms with Gasteiger partial charge in [-0.3, -0.25) is 0 Å². The van der Waals surface area contributed by atoms with Crippen molar-refractivity contribution in [3.8, 4) is 0 Å². The molecule has 0 saturated carbocycles. The Labute approximate surface area is 117 Å². The van der Waals surface area contributed by atoms with Gasteiger partial charge in [0.05, 0.1) is 11.2 Å². The molecule has 1 N–H and O–H groups in total. The first-order valence-electron chi connectivity index (χ1n) is 7.41. The summed E-state index contributed by atoms with van der Waals surface area (Å²) in [6.45, 7) is 12.3. The molecule has 0 bridgehead atoms. The summed E-state index contributed by atoms with van der Waals surface area (Å²) in [5.74, 6) is 1.97. The molecule has 0 aromatic rings. The summed E-state index contributed by atoms with van der Waals surface area (Å²) < 4.78 is 6.29. The number of nitrogens with one attached hydrogen (secondary N) is 1. The maximum absolute atomic E-state index is 6.29. The Morgan fingerprint density at radius 2 is 2.06 bits per heavy atom. The van der Waals surface area contributed by atoms with Crippen LogP contribution in [0.2, 0.25) is 0 Å². The van der Waals surface area contributed by atoms with Gasteiger partial charge in [-0.15, -0.1) is 0 Å². The highest BCUT2D eigenvalue weighted by Gasteiger charge is 2.50. The van der Waals surface area contributed by atoms with Crippen LogP contribution in [0.4, 0.5) is 0 Å². The molecule has 0 radical (unpaired) electrons. The van der Waals surface area contributed by atoms with Crippen LogP contribution < -0.4 is 5.32 Å². The third-order valence-corrected chi connectivity index (χ3v) is 5.86. The molecule has 2 nitrogen and oxygen atoms in total. The van der Waals surface area contributed by atoms with Crippen LogP contribution in [0.5, 0.6) is 0 Å². The average molecular weight is 271 g/mol. The number of rotatable bonds is 4. The minimum atomic E-state index is -0.000509. The third kappa shape index (κ3) is 3.05. The Morgan fingerprint density at radius 1 is 1.33 bits per heavy atom. The van der Waals surface area contributed by atoms with E-state index in [0.29, 0.717) is 12.0 Å². The smallest absolute Gasteiger partial charge is 0.0678 e. The standard InChI is InChI=1S/C15H29NOS/c1-6-16-13(12-8-7-9-18-12)11-10-14(2,3)17-15(11,4)5/h11-13,16H,6-10H2,1-5H3. The largest absolute Gasteiger partial charge is 0.369 e. The summed E-state index contributed by atoms with van der Waals surface area (Å²) in [7, 11) is 0. The van der Waals surface area contributed by atoms with Crippen molar-refractivity contribution in [2.24, 2.45) is 5.92 Å². The predicted molar refractivity (Wildman–Crippen MR) is 80.3 cm³/mol. The lowest BCUT2D eigenvalue weighted by atomic mass is 9.79. The lowest BCUT2D eigenvalue weighted by Gasteiger charge is -2.36. The highest BCUT2D eigenvalue weighted by Crippen LogP contribution is 2.46. The number of thioether (sulfide) groups is 1. The Morgan fingerprint density at radius 3 is 2.50 bits per heavy atom. The van der Waals surface area contributed by atoms with Crippen molar-refractivity contribution in [1.82, 2.24) is 5.32 Å². The topological polar surface area (TPSA) is 21.3 Å². The molecule has 3 unspecified atom stereocenters. The van der Waals surface area contributed by atoms with Crippen LogP contribution in [0.1, 0.15) is 53.9 Å². The van der Waals surface area contributed by atoms with E-state index in [1.54, 1.807) is 0 Å². The SMILES string of the molecule is CCNC(C1CCCS1)C1CC(C)(C)OC1(C)C. The molecule has 2 aliphatic rings. The van der Waals surface area contributed by atoms with Crippen molar-refractivity contribution < 1.29 is 4.74 Å². The molecule has 0 aromatic carbocycles. The molecule has 2 rings (SSSR count). The zero-order valence-corrected chi connectivity index (χ0v) is 13.4. The van der Waals surface area contributed by atoms with E-state index >= 15 is 0 Å². The van der Waals surface area contributed by atoms with Gasteiger partial charge in [-0.25, -0.2) is 0 Å². The van der Waals surface area contributed by atoms with E-state index < -0.39 is 0 Å². The Kier molecular flexibility index (Phi) is 4.35. The number of hydrogen-bond acceptors (Lipinski definition) is 3. The van der Waals surface area contributed by atoms with Crippen molar-refractivity contribution in [3.63, 3.8) is 0 Å². The second-order valence-electron chi connectivity index (χ2n) is 6.91. The Bertz CT molecular complexity index is 284. The minimum Gasteiger partial charge on any atom is -0.369 e. The van der Waals surface area contributed by atoms with Gasteiger partial charge in [-0.05, 0) is 59.3 Å². The van der Waals surface area contributed by atoms with Crippen LogP contribution in [0, 0.1) is 5.92 Å². The highest BCUT2D eigenvalue weighted by molar-refractivity contribution is 8.00. The van der Waals surface area contributed by atoms with Gasteiger partial charge in [0, 0.05) is 17.2 Å². The third-order valence-electron chi connectivity index (χ3n) is 4.38. The van der Waals surface area contributed by atoms with E-state index in [1.807, 2.05) is 0 Å². The summed E-state index contributed by atoms with van der Waals surface area (Å²) in [5.41, 5.74) is 0.0323. The summed E-state index contributed by atoms with van der Waals surface area (Å²) in [4.78, 5) is 0. The van der Waals surface area contributed by atoms with Gasteiger partial charge in [-0.2, -0.15) is 11.8 Å². The van der Waals surface area contributed by atoms with Gasteiger partial charge < -0.3 is 10.1 Å². The van der Waals surface area contributed by atoms with Gasteiger partial charge in [0.15, 0.2) is 0 Å². The molecule has 2 fully saturated rings. The van der Waals surface area contributed by atoms with Gasteiger partial charge >= 0.3 is 0 Å². The summed E-state index contributed by atoms with van der Waals surface area (Å²) in [6, 6.07) is 0.610. The molecule has 2 saturated heterocycles. The summed E-state index contributed by atoms with van der Waals surface area (Å²) in [6.07, 6.45) is 3.93. The fourth-order valence-corrected chi connectivity index (χ4v) is 5.28. The van der Waals surface area contributed by atoms with E-state index in [4.69, 9.17) is 4.74 Å². The van der Waals surface area contributed by atoms with Crippen molar-refractivity contribution in [1.29, 1.82) is 0 Å². The van der Waals surface area contributed by atoms with E-state index in [9.17, 15) is 0 Å². The first kappa shape index (κ1) is 14.7. The van der Waals surface area contributed by atoms with E-state index in [0.717, 1.165) is 11.8 Å². The van der Waals surface area contributed by atoms with Gasteiger partial charge in [-0.1, -0.05) is 6.92 Å². The number of ether oxygens (including phenoxy) is 1. The Balaban J connectivity index is 2.14. The van der Waals surface area contributed by atoms with Crippen LogP contribution in [-0.2, 0) is 4.74 Å². The molecule has 106 valence electrons. The molecular formula is C15H29NOS. The van der Waals surface area contributed by atoms with Crippen LogP contribution >= 0.6 is 11.8 Å². The minimum absolute atomic E-state index is 0.000509. The normalized spacial score (nSPS) is 35.8. The molecule has 18 heavy (non-hydrogen) atoms. The van der Waals surface area contributed by atoms with Crippen LogP contribution in [-0.4, -0.2) is 34.8 Å². The van der Waals surface area contributed by atoms with Crippen LogP contribution in [0.15, 0.2) is 0 Å². The number of hydrogen-bond donors (Lipinski definition) is 1. The van der Waals surface area contributed by atoms with Gasteiger partial charge in [0.25, 0.3) is 0 Å². The zero-order valence-electron chi connectivity index (χ0n) is 12.6. The Hall–Kier alpha value is 0.270. The fourth-order valence-electron chi connectivity index (χ4n) is 3.82. The fraction of sp³-hybridized carbons (Fsp3) is 1.00. The molecule has 3 heteroatoms. The second kappa shape index (κ2) is 5.34. The maximum atomic E-state index is 6.29. The quantitative estimate of drug-likeness (QED) is 0.846. The van der Waals surface area contributed by atoms with Crippen LogP contribution in [0.25, 0.3) is 0 Å². The lowest BCUT2D eigenvalue weighted by Crippen LogP contribution is -2.49. The van der Waals surface area contributed by atoms with Crippen molar-refractivity contribution in [2.45, 2.75) is 76.4 Å². The van der Waals surface area contributed by atoms with E-state index in [1.165, 1.54) is 25.0 Å². The lowest BCUT2D eigenvalue weighted by molar-refractivity contribution is -0.0776. The van der Waals surface area contributed by atoms with Crippen LogP contribution in [0.3, 0.4) is 0 Å². The summed E-state index contributed by atoms with van der Waals surface area (Å²) >= 11 is 2.16. The van der Waals surface area contributed by atoms with Gasteiger partial charge in [0.1, 0.15) is 0 Å². The molecule has 0 aliphatic carbocycles. The first-order valence-corrected chi connectivity index (χ1v) is 8.46. The van der Waals surface area contributed by atoms with Crippen molar-refractivity contribution in [2.75, 3.05) is 12.3 Å². The highest BCUT2D eigenvalue weighted by atomic mass is 32.2. The molecule has 3 atom stereocenters. The molecule has 2 aliphatic heterocycles. The zero-order chi connectivity index (χ0) is 13.4. The maximum Gasteiger partial charge on any atom is 0.0678 e. The van der Waals surface area contributed by atoms with E-state index in [-0.39, 0.29) is 11.2 Å². The molecule has 0 amide bonds. The van der Waals surface area contributed by atoms with Gasteiger partial charge in [0.2, 0.25) is 0 Å². The molecule has 0 spiro atoms. The summed E-state index contributed by atoms with van der Waals surface area (Å²) in [5, 5.41) is 4.54. The average Bonchev–Trinajstić information content (AvgIpc) is 2.80. The molecule has 0 aromatic heterocycles. The predicted octanol–water partition coefficient (Wildman–Crippen LogP) is 3.45. The monoisotopic (exact) mass is 271 g/mol.